The number of pyridine rings is 1. The first-order chi connectivity index (χ1) is 11.2. The van der Waals surface area contributed by atoms with E-state index >= 15 is 0 Å². The summed E-state index contributed by atoms with van der Waals surface area (Å²) in [6.45, 7) is 6.31. The lowest BCUT2D eigenvalue weighted by molar-refractivity contribution is 0.629. The smallest absolute Gasteiger partial charge is 0.0529 e. The first-order valence-corrected chi connectivity index (χ1v) is 8.16. The normalized spacial score (nSPS) is 15.0. The highest BCUT2D eigenvalue weighted by Crippen LogP contribution is 2.31. The maximum absolute atomic E-state index is 4.23. The molecule has 3 nitrogen and oxygen atoms in total. The van der Waals surface area contributed by atoms with E-state index in [1.807, 2.05) is 18.5 Å². The Labute approximate surface area is 136 Å². The maximum Gasteiger partial charge on any atom is 0.0529 e. The van der Waals surface area contributed by atoms with Gasteiger partial charge in [0.05, 0.1) is 5.52 Å². The number of aryl methyl sites for hydroxylation is 1. The third-order valence-corrected chi connectivity index (χ3v) is 4.66. The fourth-order valence-corrected chi connectivity index (χ4v) is 3.45. The average molecular weight is 303 g/mol. The molecule has 1 aliphatic heterocycles. The molecule has 1 N–H and O–H groups in total. The Bertz CT molecular complexity index is 888. The van der Waals surface area contributed by atoms with E-state index in [2.05, 4.69) is 59.2 Å². The van der Waals surface area contributed by atoms with Crippen molar-refractivity contribution in [2.45, 2.75) is 26.8 Å². The van der Waals surface area contributed by atoms with E-state index in [9.17, 15) is 0 Å². The molecular weight excluding hydrogens is 282 g/mol. The van der Waals surface area contributed by atoms with Crippen LogP contribution in [0, 0.1) is 6.92 Å². The number of nitrogens with one attached hydrogen (secondary N) is 1. The van der Waals surface area contributed by atoms with Gasteiger partial charge in [-0.3, -0.25) is 4.98 Å². The number of rotatable bonds is 2. The molecule has 23 heavy (non-hydrogen) atoms. The van der Waals surface area contributed by atoms with Crippen LogP contribution in [0.5, 0.6) is 0 Å². The van der Waals surface area contributed by atoms with Crippen LogP contribution in [0.1, 0.15) is 29.3 Å². The minimum Gasteiger partial charge on any atom is -0.318 e. The first kappa shape index (κ1) is 14.2. The minimum absolute atomic E-state index is 0.930. The number of allylic oxidation sites excluding steroid dienone is 1. The van der Waals surface area contributed by atoms with Gasteiger partial charge in [-0.05, 0) is 61.7 Å². The number of fused-ring (bicyclic) bond motifs is 3. The Morgan fingerprint density at radius 2 is 2.22 bits per heavy atom. The molecule has 4 rings (SSSR count). The zero-order valence-corrected chi connectivity index (χ0v) is 13.6. The summed E-state index contributed by atoms with van der Waals surface area (Å²) in [5.41, 5.74) is 7.90. The summed E-state index contributed by atoms with van der Waals surface area (Å²) >= 11 is 0. The van der Waals surface area contributed by atoms with Gasteiger partial charge in [-0.2, -0.15) is 0 Å². The summed E-state index contributed by atoms with van der Waals surface area (Å²) in [6.07, 6.45) is 7.09. The molecule has 1 aliphatic rings. The number of benzene rings is 1. The van der Waals surface area contributed by atoms with Crippen LogP contribution in [0.15, 0.2) is 42.7 Å². The molecule has 3 heterocycles. The fourth-order valence-electron chi connectivity index (χ4n) is 3.45. The van der Waals surface area contributed by atoms with E-state index in [1.54, 1.807) is 0 Å². The molecule has 2 aromatic heterocycles. The van der Waals surface area contributed by atoms with Crippen LogP contribution in [0.2, 0.25) is 0 Å². The van der Waals surface area contributed by atoms with Crippen LogP contribution in [-0.2, 0) is 13.0 Å². The highest BCUT2D eigenvalue weighted by Gasteiger charge is 2.19. The standard InChI is InChI=1S/C20H21N3/c1-14-5-6-19-18(10-14)17-7-9-22-12-20(17)23(19)13-15(2)16-4-3-8-21-11-16/h3-6,8,10-11,13,22H,7,9,12H2,1-2H3/b15-13+. The molecule has 0 aliphatic carbocycles. The van der Waals surface area contributed by atoms with Gasteiger partial charge in [0.25, 0.3) is 0 Å². The first-order valence-electron chi connectivity index (χ1n) is 8.16. The van der Waals surface area contributed by atoms with Gasteiger partial charge < -0.3 is 9.88 Å². The van der Waals surface area contributed by atoms with E-state index in [0.29, 0.717) is 0 Å². The molecule has 3 heteroatoms. The Kier molecular flexibility index (Phi) is 3.50. The number of hydrogen-bond donors (Lipinski definition) is 1. The van der Waals surface area contributed by atoms with Crippen molar-refractivity contribution in [2.24, 2.45) is 0 Å². The zero-order chi connectivity index (χ0) is 15.8. The monoisotopic (exact) mass is 303 g/mol. The number of hydrogen-bond acceptors (Lipinski definition) is 2. The van der Waals surface area contributed by atoms with Crippen LogP contribution in [0.25, 0.3) is 22.7 Å². The third-order valence-electron chi connectivity index (χ3n) is 4.66. The third kappa shape index (κ3) is 2.47. The second-order valence-electron chi connectivity index (χ2n) is 6.30. The highest BCUT2D eigenvalue weighted by atomic mass is 15.0. The molecule has 1 aromatic carbocycles. The summed E-state index contributed by atoms with van der Waals surface area (Å²) in [5.74, 6) is 0. The summed E-state index contributed by atoms with van der Waals surface area (Å²) in [7, 11) is 0. The second kappa shape index (κ2) is 5.67. The van der Waals surface area contributed by atoms with Crippen molar-refractivity contribution in [3.8, 4) is 0 Å². The summed E-state index contributed by atoms with van der Waals surface area (Å²) in [5, 5.41) is 4.91. The lowest BCUT2D eigenvalue weighted by Gasteiger charge is -2.16. The molecule has 0 amide bonds. The van der Waals surface area contributed by atoms with Gasteiger partial charge in [-0.25, -0.2) is 0 Å². The van der Waals surface area contributed by atoms with Gasteiger partial charge in [0, 0.05) is 36.2 Å². The van der Waals surface area contributed by atoms with E-state index in [-0.39, 0.29) is 0 Å². The van der Waals surface area contributed by atoms with E-state index in [1.165, 1.54) is 38.9 Å². The van der Waals surface area contributed by atoms with Gasteiger partial charge >= 0.3 is 0 Å². The number of aromatic nitrogens is 2. The molecule has 0 saturated heterocycles. The molecule has 116 valence electrons. The minimum atomic E-state index is 0.930. The van der Waals surface area contributed by atoms with E-state index in [0.717, 1.165) is 19.5 Å². The van der Waals surface area contributed by atoms with Crippen molar-refractivity contribution < 1.29 is 0 Å². The predicted octanol–water partition coefficient (Wildman–Crippen LogP) is 4.01. The Hall–Kier alpha value is -2.39. The molecule has 0 radical (unpaired) electrons. The Morgan fingerprint density at radius 3 is 3.04 bits per heavy atom. The van der Waals surface area contributed by atoms with Gasteiger partial charge in [0.15, 0.2) is 0 Å². The molecule has 0 atom stereocenters. The topological polar surface area (TPSA) is 29.9 Å². The molecule has 3 aromatic rings. The van der Waals surface area contributed by atoms with Crippen LogP contribution in [-0.4, -0.2) is 16.1 Å². The average Bonchev–Trinajstić information content (AvgIpc) is 2.89. The van der Waals surface area contributed by atoms with Crippen molar-refractivity contribution in [1.29, 1.82) is 0 Å². The van der Waals surface area contributed by atoms with Crippen molar-refractivity contribution in [2.75, 3.05) is 6.54 Å². The Morgan fingerprint density at radius 1 is 1.30 bits per heavy atom. The van der Waals surface area contributed by atoms with Crippen molar-refractivity contribution in [1.82, 2.24) is 14.9 Å². The van der Waals surface area contributed by atoms with E-state index < -0.39 is 0 Å². The van der Waals surface area contributed by atoms with Crippen LogP contribution in [0.4, 0.5) is 0 Å². The second-order valence-corrected chi connectivity index (χ2v) is 6.30. The number of nitrogens with zero attached hydrogens (tertiary/aromatic N) is 2. The molecular formula is C20H21N3. The van der Waals surface area contributed by atoms with Gasteiger partial charge in [0.2, 0.25) is 0 Å². The zero-order valence-electron chi connectivity index (χ0n) is 13.6. The molecule has 0 spiro atoms. The van der Waals surface area contributed by atoms with Gasteiger partial charge in [-0.1, -0.05) is 17.7 Å². The van der Waals surface area contributed by atoms with Gasteiger partial charge in [0.1, 0.15) is 0 Å². The lowest BCUT2D eigenvalue weighted by Crippen LogP contribution is -2.24. The van der Waals surface area contributed by atoms with Gasteiger partial charge in [-0.15, -0.1) is 0 Å². The summed E-state index contributed by atoms with van der Waals surface area (Å²) < 4.78 is 2.36. The van der Waals surface area contributed by atoms with Crippen molar-refractivity contribution in [3.63, 3.8) is 0 Å². The Balaban J connectivity index is 1.93. The van der Waals surface area contributed by atoms with Crippen molar-refractivity contribution in [3.05, 3.63) is 65.1 Å². The SMILES string of the molecule is C/C(=C\n1c2c(c3cc(C)ccc31)CCNC2)c1cccnc1. The molecule has 0 bridgehead atoms. The fraction of sp³-hybridized carbons (Fsp3) is 0.250. The predicted molar refractivity (Wildman–Crippen MR) is 96.2 cm³/mol. The van der Waals surface area contributed by atoms with Crippen molar-refractivity contribution >= 4 is 22.7 Å². The van der Waals surface area contributed by atoms with Crippen LogP contribution in [0.3, 0.4) is 0 Å². The molecule has 0 saturated carbocycles. The lowest BCUT2D eigenvalue weighted by atomic mass is 10.0. The molecule has 0 unspecified atom stereocenters. The summed E-state index contributed by atoms with van der Waals surface area (Å²) in [6, 6.07) is 10.9. The van der Waals surface area contributed by atoms with Crippen LogP contribution < -0.4 is 5.32 Å². The largest absolute Gasteiger partial charge is 0.318 e. The van der Waals surface area contributed by atoms with Crippen LogP contribution >= 0.6 is 0 Å². The maximum atomic E-state index is 4.23. The quantitative estimate of drug-likeness (QED) is 0.775. The molecule has 0 fully saturated rings. The van der Waals surface area contributed by atoms with E-state index in [4.69, 9.17) is 0 Å². The highest BCUT2D eigenvalue weighted by molar-refractivity contribution is 5.90. The summed E-state index contributed by atoms with van der Waals surface area (Å²) in [4.78, 5) is 4.23.